The zero-order valence-corrected chi connectivity index (χ0v) is 10.7. The molecule has 0 aromatic carbocycles. The predicted molar refractivity (Wildman–Crippen MR) is 68.7 cm³/mol. The molecule has 0 saturated heterocycles. The van der Waals surface area contributed by atoms with E-state index in [1.54, 1.807) is 16.9 Å². The van der Waals surface area contributed by atoms with Gasteiger partial charge in [-0.2, -0.15) is 10.1 Å². The number of rotatable bonds is 4. The van der Waals surface area contributed by atoms with Crippen LogP contribution in [0.25, 0.3) is 5.65 Å². The Bertz CT molecular complexity index is 686. The summed E-state index contributed by atoms with van der Waals surface area (Å²) in [5.74, 6) is 0.944. The molecule has 1 N–H and O–H groups in total. The van der Waals surface area contributed by atoms with E-state index in [-0.39, 0.29) is 5.92 Å². The lowest BCUT2D eigenvalue weighted by Crippen LogP contribution is -2.06. The van der Waals surface area contributed by atoms with Gasteiger partial charge in [0.1, 0.15) is 0 Å². The second-order valence-electron chi connectivity index (χ2n) is 4.50. The summed E-state index contributed by atoms with van der Waals surface area (Å²) in [5.41, 5.74) is 1.78. The van der Waals surface area contributed by atoms with Crippen molar-refractivity contribution in [2.45, 2.75) is 26.3 Å². The van der Waals surface area contributed by atoms with E-state index in [1.807, 2.05) is 26.0 Å². The quantitative estimate of drug-likeness (QED) is 0.769. The number of aromatic nitrogens is 5. The van der Waals surface area contributed by atoms with Crippen molar-refractivity contribution in [2.75, 3.05) is 5.32 Å². The average molecular weight is 258 g/mol. The zero-order chi connectivity index (χ0) is 13.2. The Kier molecular flexibility index (Phi) is 2.86. The lowest BCUT2D eigenvalue weighted by molar-refractivity contribution is 0.419. The highest BCUT2D eigenvalue weighted by Crippen LogP contribution is 2.13. The van der Waals surface area contributed by atoms with Gasteiger partial charge >= 0.3 is 6.01 Å². The minimum atomic E-state index is 0.248. The third-order valence-electron chi connectivity index (χ3n) is 2.75. The Hall–Kier alpha value is -2.44. The molecule has 0 atom stereocenters. The molecule has 0 amide bonds. The molecule has 98 valence electrons. The van der Waals surface area contributed by atoms with Crippen LogP contribution in [0.15, 0.2) is 29.0 Å². The monoisotopic (exact) mass is 258 g/mol. The van der Waals surface area contributed by atoms with E-state index in [2.05, 4.69) is 25.5 Å². The van der Waals surface area contributed by atoms with E-state index in [9.17, 15) is 0 Å². The lowest BCUT2D eigenvalue weighted by atomic mass is 10.2. The highest BCUT2D eigenvalue weighted by atomic mass is 16.5. The number of hydrogen-bond acceptors (Lipinski definition) is 6. The van der Waals surface area contributed by atoms with Crippen LogP contribution in [0.1, 0.15) is 31.3 Å². The van der Waals surface area contributed by atoms with E-state index in [1.165, 1.54) is 0 Å². The Morgan fingerprint density at radius 2 is 2.21 bits per heavy atom. The molecule has 0 fully saturated rings. The fraction of sp³-hybridized carbons (Fsp3) is 0.333. The second-order valence-corrected chi connectivity index (χ2v) is 4.50. The van der Waals surface area contributed by atoms with Crippen molar-refractivity contribution in [1.29, 1.82) is 0 Å². The first-order valence-electron chi connectivity index (χ1n) is 6.09. The molecule has 3 heterocycles. The minimum absolute atomic E-state index is 0.248. The molecular weight excluding hydrogens is 244 g/mol. The Labute approximate surface area is 109 Å². The summed E-state index contributed by atoms with van der Waals surface area (Å²) >= 11 is 0. The maximum atomic E-state index is 5.12. The van der Waals surface area contributed by atoms with Gasteiger partial charge in [0, 0.05) is 18.2 Å². The van der Waals surface area contributed by atoms with Gasteiger partial charge in [0.15, 0.2) is 11.5 Å². The van der Waals surface area contributed by atoms with Crippen molar-refractivity contribution < 1.29 is 4.52 Å². The molecule has 7 nitrogen and oxygen atoms in total. The van der Waals surface area contributed by atoms with Crippen molar-refractivity contribution in [3.8, 4) is 0 Å². The summed E-state index contributed by atoms with van der Waals surface area (Å²) in [4.78, 5) is 8.46. The molecule has 3 aromatic heterocycles. The first-order chi connectivity index (χ1) is 9.24. The van der Waals surface area contributed by atoms with Crippen LogP contribution in [0.4, 0.5) is 6.01 Å². The van der Waals surface area contributed by atoms with E-state index >= 15 is 0 Å². The van der Waals surface area contributed by atoms with E-state index in [0.717, 1.165) is 11.3 Å². The SMILES string of the molecule is CC(C)c1noc(NCc2ccnc3ccnn23)n1. The van der Waals surface area contributed by atoms with E-state index in [0.29, 0.717) is 18.4 Å². The third-order valence-corrected chi connectivity index (χ3v) is 2.75. The molecule has 0 unspecified atom stereocenters. The molecule has 0 aliphatic heterocycles. The fourth-order valence-electron chi connectivity index (χ4n) is 1.73. The predicted octanol–water partition coefficient (Wildman–Crippen LogP) is 1.85. The summed E-state index contributed by atoms with van der Waals surface area (Å²) in [6.45, 7) is 4.58. The minimum Gasteiger partial charge on any atom is -0.332 e. The molecule has 0 saturated carbocycles. The van der Waals surface area contributed by atoms with Crippen LogP contribution in [0.3, 0.4) is 0 Å². The van der Waals surface area contributed by atoms with Gasteiger partial charge in [-0.15, -0.1) is 0 Å². The van der Waals surface area contributed by atoms with E-state index < -0.39 is 0 Å². The summed E-state index contributed by atoms with van der Waals surface area (Å²) in [6, 6.07) is 4.17. The first kappa shape index (κ1) is 11.6. The van der Waals surface area contributed by atoms with Crippen LogP contribution in [0, 0.1) is 0 Å². The molecule has 7 heteroatoms. The van der Waals surface area contributed by atoms with Crippen molar-refractivity contribution in [1.82, 2.24) is 24.7 Å². The average Bonchev–Trinajstić information content (AvgIpc) is 3.05. The van der Waals surface area contributed by atoms with Gasteiger partial charge in [-0.25, -0.2) is 9.50 Å². The van der Waals surface area contributed by atoms with Crippen molar-refractivity contribution >= 4 is 11.7 Å². The van der Waals surface area contributed by atoms with Gasteiger partial charge in [-0.05, 0) is 6.07 Å². The van der Waals surface area contributed by atoms with Crippen LogP contribution in [0.5, 0.6) is 0 Å². The Morgan fingerprint density at radius 1 is 1.32 bits per heavy atom. The molecule has 0 radical (unpaired) electrons. The van der Waals surface area contributed by atoms with Gasteiger partial charge < -0.3 is 9.84 Å². The lowest BCUT2D eigenvalue weighted by Gasteiger charge is -2.03. The Morgan fingerprint density at radius 3 is 3.00 bits per heavy atom. The maximum absolute atomic E-state index is 5.12. The normalized spacial score (nSPS) is 11.3. The van der Waals surface area contributed by atoms with Crippen molar-refractivity contribution in [3.63, 3.8) is 0 Å². The van der Waals surface area contributed by atoms with Gasteiger partial charge in [-0.3, -0.25) is 0 Å². The molecule has 0 aliphatic carbocycles. The summed E-state index contributed by atoms with van der Waals surface area (Å²) < 4.78 is 6.89. The largest absolute Gasteiger partial charge is 0.332 e. The third kappa shape index (κ3) is 2.26. The van der Waals surface area contributed by atoms with Gasteiger partial charge in [0.25, 0.3) is 0 Å². The van der Waals surface area contributed by atoms with Crippen molar-refractivity contribution in [3.05, 3.63) is 36.0 Å². The van der Waals surface area contributed by atoms with Crippen LogP contribution >= 0.6 is 0 Å². The number of hydrogen-bond donors (Lipinski definition) is 1. The van der Waals surface area contributed by atoms with Gasteiger partial charge in [0.05, 0.1) is 18.4 Å². The number of nitrogens with one attached hydrogen (secondary N) is 1. The highest BCUT2D eigenvalue weighted by molar-refractivity contribution is 5.37. The molecule has 0 spiro atoms. The van der Waals surface area contributed by atoms with Crippen LogP contribution in [-0.2, 0) is 6.54 Å². The maximum Gasteiger partial charge on any atom is 0.321 e. The molecule has 19 heavy (non-hydrogen) atoms. The standard InChI is InChI=1S/C12H14N6O/c1-8(2)11-16-12(19-17-11)14-7-9-3-5-13-10-4-6-15-18(9)10/h3-6,8H,7H2,1-2H3,(H,14,16,17). The van der Waals surface area contributed by atoms with Crippen LogP contribution in [0.2, 0.25) is 0 Å². The smallest absolute Gasteiger partial charge is 0.321 e. The molecule has 3 rings (SSSR count). The fourth-order valence-corrected chi connectivity index (χ4v) is 1.73. The molecular formula is C12H14N6O. The highest BCUT2D eigenvalue weighted by Gasteiger charge is 2.09. The van der Waals surface area contributed by atoms with Gasteiger partial charge in [-0.1, -0.05) is 19.0 Å². The summed E-state index contributed by atoms with van der Waals surface area (Å²) in [6.07, 6.45) is 3.47. The number of nitrogens with zero attached hydrogens (tertiary/aromatic N) is 5. The van der Waals surface area contributed by atoms with E-state index in [4.69, 9.17) is 4.52 Å². The molecule has 0 bridgehead atoms. The Balaban J connectivity index is 1.76. The molecule has 0 aliphatic rings. The summed E-state index contributed by atoms with van der Waals surface area (Å²) in [5, 5.41) is 11.2. The molecule has 3 aromatic rings. The topological polar surface area (TPSA) is 81.1 Å². The van der Waals surface area contributed by atoms with Gasteiger partial charge in [0.2, 0.25) is 0 Å². The first-order valence-corrected chi connectivity index (χ1v) is 6.09. The van der Waals surface area contributed by atoms with Crippen molar-refractivity contribution in [2.24, 2.45) is 0 Å². The summed E-state index contributed by atoms with van der Waals surface area (Å²) in [7, 11) is 0. The second kappa shape index (κ2) is 4.68. The number of anilines is 1. The number of fused-ring (bicyclic) bond motifs is 1. The zero-order valence-electron chi connectivity index (χ0n) is 10.7. The van der Waals surface area contributed by atoms with Crippen LogP contribution in [-0.4, -0.2) is 24.7 Å². The van der Waals surface area contributed by atoms with Crippen LogP contribution < -0.4 is 5.32 Å².